The molecular weight excluding hydrogens is 399 g/mol. The summed E-state index contributed by atoms with van der Waals surface area (Å²) < 4.78 is 60.2. The monoisotopic (exact) mass is 418 g/mol. The van der Waals surface area contributed by atoms with Gasteiger partial charge in [-0.2, -0.15) is 16.8 Å². The Labute approximate surface area is 217 Å². The quantitative estimate of drug-likeness (QED) is 0.168. The maximum Gasteiger partial charge on any atom is 1.00 e. The summed E-state index contributed by atoms with van der Waals surface area (Å²) in [4.78, 5) is 0. The van der Waals surface area contributed by atoms with E-state index in [1.54, 1.807) is 0 Å². The van der Waals surface area contributed by atoms with Gasteiger partial charge in [-0.25, -0.2) is 0 Å². The van der Waals surface area contributed by atoms with Crippen molar-refractivity contribution in [2.24, 2.45) is 0 Å². The fraction of sp³-hybridized carbons (Fsp3) is 1.00. The standard InChI is InChI=1S/C8H18O6S4.2K.2H/c1-7(17(9,10)11)3-5-15-16-6-4-8(2)18(12,13)14;;;;/h7-8H,3-6H2,1-2H3,(H,9,10,11)(H,12,13,14);;;;/q;2*+1;2*-1. The van der Waals surface area contributed by atoms with Gasteiger partial charge in [0.15, 0.2) is 0 Å². The molecule has 2 N–H and O–H groups in total. The van der Waals surface area contributed by atoms with E-state index in [1.807, 2.05) is 0 Å². The molecule has 114 valence electrons. The molecule has 0 radical (unpaired) electrons. The largest absolute Gasteiger partial charge is 1.00 e. The summed E-state index contributed by atoms with van der Waals surface area (Å²) in [5, 5.41) is -1.58. The molecule has 0 rings (SSSR count). The van der Waals surface area contributed by atoms with Crippen LogP contribution >= 0.6 is 21.6 Å². The fourth-order valence-electron chi connectivity index (χ4n) is 0.844. The number of rotatable bonds is 9. The number of hydrogen-bond acceptors (Lipinski definition) is 6. The van der Waals surface area contributed by atoms with Crippen LogP contribution in [-0.2, 0) is 20.2 Å². The van der Waals surface area contributed by atoms with E-state index in [0.29, 0.717) is 24.3 Å². The van der Waals surface area contributed by atoms with Gasteiger partial charge in [0.2, 0.25) is 0 Å². The molecule has 0 aliphatic heterocycles. The predicted octanol–water partition coefficient (Wildman–Crippen LogP) is -4.07. The van der Waals surface area contributed by atoms with Crippen molar-refractivity contribution in [2.75, 3.05) is 11.5 Å². The van der Waals surface area contributed by atoms with Crippen LogP contribution in [0, 0.1) is 0 Å². The average molecular weight is 419 g/mol. The molecule has 0 saturated carbocycles. The first-order chi connectivity index (χ1) is 8.05. The summed E-state index contributed by atoms with van der Waals surface area (Å²) in [5.74, 6) is 1.09. The zero-order valence-corrected chi connectivity index (χ0v) is 21.7. The van der Waals surface area contributed by atoms with Crippen molar-refractivity contribution in [3.05, 3.63) is 0 Å². The Bertz CT molecular complexity index is 406. The Morgan fingerprint density at radius 2 is 1.10 bits per heavy atom. The molecule has 2 atom stereocenters. The van der Waals surface area contributed by atoms with Crippen LogP contribution < -0.4 is 103 Å². The minimum Gasteiger partial charge on any atom is -1.00 e. The van der Waals surface area contributed by atoms with Gasteiger partial charge in [0, 0.05) is 11.5 Å². The van der Waals surface area contributed by atoms with Crippen molar-refractivity contribution in [1.82, 2.24) is 0 Å². The topological polar surface area (TPSA) is 109 Å². The van der Waals surface area contributed by atoms with Crippen molar-refractivity contribution < 1.29 is 132 Å². The summed E-state index contributed by atoms with van der Waals surface area (Å²) in [7, 11) is -5.10. The van der Waals surface area contributed by atoms with E-state index < -0.39 is 30.7 Å². The van der Waals surface area contributed by atoms with Crippen molar-refractivity contribution in [2.45, 2.75) is 37.2 Å². The Morgan fingerprint density at radius 3 is 1.30 bits per heavy atom. The Balaban J connectivity index is -0.000000241. The summed E-state index contributed by atoms with van der Waals surface area (Å²) >= 11 is 0. The molecule has 0 spiro atoms. The number of hydrogen-bond donors (Lipinski definition) is 2. The summed E-state index contributed by atoms with van der Waals surface area (Å²) in [6, 6.07) is 0. The molecule has 0 amide bonds. The van der Waals surface area contributed by atoms with Crippen molar-refractivity contribution in [3.8, 4) is 0 Å². The van der Waals surface area contributed by atoms with Gasteiger partial charge < -0.3 is 2.85 Å². The molecule has 0 aliphatic rings. The van der Waals surface area contributed by atoms with Crippen LogP contribution in [0.3, 0.4) is 0 Å². The molecule has 0 fully saturated rings. The maximum atomic E-state index is 10.7. The maximum absolute atomic E-state index is 10.7. The zero-order chi connectivity index (χ0) is 14.4. The van der Waals surface area contributed by atoms with Gasteiger partial charge in [0.25, 0.3) is 20.2 Å². The van der Waals surface area contributed by atoms with E-state index >= 15 is 0 Å². The van der Waals surface area contributed by atoms with Crippen LogP contribution in [0.1, 0.15) is 29.5 Å². The average Bonchev–Trinajstić information content (AvgIpc) is 2.19. The smallest absolute Gasteiger partial charge is 1.00 e. The molecular formula is C8H20K2O6S4. The van der Waals surface area contributed by atoms with Gasteiger partial charge in [-0.05, 0) is 26.7 Å². The van der Waals surface area contributed by atoms with Crippen LogP contribution in [0.15, 0.2) is 0 Å². The fourth-order valence-corrected chi connectivity index (χ4v) is 4.39. The SMILES string of the molecule is CC(CCSSCCC(C)S(=O)(=O)O)S(=O)(=O)O.[H-].[H-].[K+].[K+]. The first kappa shape index (κ1) is 28.6. The van der Waals surface area contributed by atoms with E-state index in [0.717, 1.165) is 0 Å². The van der Waals surface area contributed by atoms with E-state index in [2.05, 4.69) is 0 Å². The van der Waals surface area contributed by atoms with E-state index in [9.17, 15) is 16.8 Å². The molecule has 0 aromatic rings. The third kappa shape index (κ3) is 15.3. The molecule has 2 unspecified atom stereocenters. The first-order valence-corrected chi connectivity index (χ1v) is 10.7. The first-order valence-electron chi connectivity index (χ1n) is 5.22. The van der Waals surface area contributed by atoms with Gasteiger partial charge in [0.1, 0.15) is 0 Å². The molecule has 0 aliphatic carbocycles. The summed E-state index contributed by atoms with van der Waals surface area (Å²) in [5.41, 5.74) is 0. The third-order valence-corrected chi connectivity index (χ3v) is 7.29. The Morgan fingerprint density at radius 1 is 0.850 bits per heavy atom. The third-order valence-electron chi connectivity index (χ3n) is 2.32. The molecule has 0 bridgehead atoms. The summed E-state index contributed by atoms with van der Waals surface area (Å²) in [6.45, 7) is 2.86. The molecule has 12 heteroatoms. The summed E-state index contributed by atoms with van der Waals surface area (Å²) in [6.07, 6.45) is 0.675. The minimum absolute atomic E-state index is 0. The van der Waals surface area contributed by atoms with Crippen molar-refractivity contribution in [3.63, 3.8) is 0 Å². The Kier molecular flexibility index (Phi) is 20.0. The van der Waals surface area contributed by atoms with Gasteiger partial charge in [-0.15, -0.1) is 0 Å². The molecule has 0 saturated heterocycles. The zero-order valence-electron chi connectivity index (χ0n) is 14.1. The Hall–Kier alpha value is 3.79. The molecule has 0 heterocycles. The van der Waals surface area contributed by atoms with E-state index in [1.165, 1.54) is 35.4 Å². The minimum atomic E-state index is -3.96. The van der Waals surface area contributed by atoms with Crippen LogP contribution in [0.5, 0.6) is 0 Å². The van der Waals surface area contributed by atoms with Crippen molar-refractivity contribution in [1.29, 1.82) is 0 Å². The second-order valence-corrected chi connectivity index (χ2v) is 10.2. The van der Waals surface area contributed by atoms with Crippen LogP contribution in [0.25, 0.3) is 0 Å². The second kappa shape index (κ2) is 14.0. The van der Waals surface area contributed by atoms with Gasteiger partial charge in [-0.1, -0.05) is 21.6 Å². The van der Waals surface area contributed by atoms with Crippen LogP contribution in [0.2, 0.25) is 0 Å². The molecule has 20 heavy (non-hydrogen) atoms. The van der Waals surface area contributed by atoms with Crippen LogP contribution in [0.4, 0.5) is 0 Å². The molecule has 6 nitrogen and oxygen atoms in total. The molecule has 0 aromatic carbocycles. The van der Waals surface area contributed by atoms with Crippen molar-refractivity contribution >= 4 is 41.8 Å². The van der Waals surface area contributed by atoms with Crippen LogP contribution in [-0.4, -0.2) is 47.9 Å². The van der Waals surface area contributed by atoms with Gasteiger partial charge in [-0.3, -0.25) is 9.11 Å². The normalized spacial score (nSPS) is 14.8. The van der Waals surface area contributed by atoms with E-state index in [4.69, 9.17) is 9.11 Å². The van der Waals surface area contributed by atoms with Gasteiger partial charge in [0.05, 0.1) is 10.5 Å². The second-order valence-electron chi connectivity index (χ2n) is 3.87. The molecule has 0 aromatic heterocycles. The van der Waals surface area contributed by atoms with E-state index in [-0.39, 0.29) is 106 Å². The predicted molar refractivity (Wildman–Crippen MR) is 78.4 cm³/mol. The van der Waals surface area contributed by atoms with Gasteiger partial charge >= 0.3 is 103 Å².